The fourth-order valence-electron chi connectivity index (χ4n) is 3.13. The summed E-state index contributed by atoms with van der Waals surface area (Å²) in [5, 5.41) is 33.3. The lowest BCUT2D eigenvalue weighted by Gasteiger charge is -2.06. The van der Waals surface area contributed by atoms with Gasteiger partial charge in [-0.2, -0.15) is 5.10 Å². The molecule has 0 atom stereocenters. The Bertz CT molecular complexity index is 1120. The van der Waals surface area contributed by atoms with Crippen LogP contribution in [0.2, 0.25) is 0 Å². The van der Waals surface area contributed by atoms with E-state index >= 15 is 0 Å². The van der Waals surface area contributed by atoms with Gasteiger partial charge >= 0.3 is 0 Å². The van der Waals surface area contributed by atoms with E-state index in [9.17, 15) is 10.2 Å². The lowest BCUT2D eigenvalue weighted by molar-refractivity contribution is 0.452. The second-order valence-corrected chi connectivity index (χ2v) is 6.89. The molecule has 0 radical (unpaired) electrons. The number of nitrogens with zero attached hydrogens (tertiary/aromatic N) is 2. The third kappa shape index (κ3) is 4.42. The van der Waals surface area contributed by atoms with E-state index in [0.717, 1.165) is 41.3 Å². The number of pyridine rings is 1. The first-order valence-corrected chi connectivity index (χ1v) is 9.73. The van der Waals surface area contributed by atoms with E-state index < -0.39 is 0 Å². The van der Waals surface area contributed by atoms with Crippen molar-refractivity contribution in [1.29, 1.82) is 0 Å². The molecule has 152 valence electrons. The quantitative estimate of drug-likeness (QED) is 0.314. The molecule has 4 aromatic rings. The van der Waals surface area contributed by atoms with E-state index in [2.05, 4.69) is 32.7 Å². The minimum absolute atomic E-state index is 0.0350. The average Bonchev–Trinajstić information content (AvgIpc) is 3.22. The number of rotatable bonds is 7. The molecule has 2 aromatic heterocycles. The number of H-pyrrole nitrogens is 1. The van der Waals surface area contributed by atoms with E-state index in [1.54, 1.807) is 18.3 Å². The van der Waals surface area contributed by atoms with E-state index in [-0.39, 0.29) is 11.5 Å². The van der Waals surface area contributed by atoms with Gasteiger partial charge < -0.3 is 20.8 Å². The molecule has 0 aliphatic carbocycles. The van der Waals surface area contributed by atoms with Gasteiger partial charge in [-0.05, 0) is 41.9 Å². The first-order valence-electron chi connectivity index (χ1n) is 9.73. The lowest BCUT2D eigenvalue weighted by Crippen LogP contribution is -2.12. The SMILES string of the molecule is CCNCc1ccc(Nc2cc(-c3ccc(-c4ccc(O)cc4O)cc3)[nH]n2)cn1. The third-order valence-electron chi connectivity index (χ3n) is 4.72. The number of aromatic amines is 1. The molecule has 0 saturated heterocycles. The van der Waals surface area contributed by atoms with Gasteiger partial charge in [-0.1, -0.05) is 31.2 Å². The summed E-state index contributed by atoms with van der Waals surface area (Å²) < 4.78 is 0. The fourth-order valence-corrected chi connectivity index (χ4v) is 3.13. The highest BCUT2D eigenvalue weighted by atomic mass is 16.3. The van der Waals surface area contributed by atoms with E-state index in [1.165, 1.54) is 6.07 Å². The Morgan fingerprint density at radius 1 is 0.933 bits per heavy atom. The Hall–Kier alpha value is -3.84. The largest absolute Gasteiger partial charge is 0.508 e. The van der Waals surface area contributed by atoms with Crippen molar-refractivity contribution in [3.63, 3.8) is 0 Å². The Morgan fingerprint density at radius 2 is 1.73 bits per heavy atom. The summed E-state index contributed by atoms with van der Waals surface area (Å²) in [6, 6.07) is 18.2. The molecule has 0 unspecified atom stereocenters. The molecule has 0 aliphatic heterocycles. The van der Waals surface area contributed by atoms with Crippen LogP contribution in [0.25, 0.3) is 22.4 Å². The maximum Gasteiger partial charge on any atom is 0.152 e. The molecule has 2 heterocycles. The second-order valence-electron chi connectivity index (χ2n) is 6.89. The number of aromatic hydroxyl groups is 2. The Labute approximate surface area is 174 Å². The Kier molecular flexibility index (Phi) is 5.63. The van der Waals surface area contributed by atoms with Crippen molar-refractivity contribution in [2.24, 2.45) is 0 Å². The lowest BCUT2D eigenvalue weighted by atomic mass is 10.0. The van der Waals surface area contributed by atoms with Gasteiger partial charge in [0.1, 0.15) is 11.5 Å². The van der Waals surface area contributed by atoms with Gasteiger partial charge in [0, 0.05) is 24.2 Å². The van der Waals surface area contributed by atoms with Crippen molar-refractivity contribution >= 4 is 11.5 Å². The fraction of sp³-hybridized carbons (Fsp3) is 0.130. The summed E-state index contributed by atoms with van der Waals surface area (Å²) in [7, 11) is 0. The number of phenols is 2. The molecule has 0 spiro atoms. The average molecular weight is 401 g/mol. The number of nitrogens with one attached hydrogen (secondary N) is 3. The number of hydrogen-bond acceptors (Lipinski definition) is 6. The van der Waals surface area contributed by atoms with Gasteiger partial charge in [0.2, 0.25) is 0 Å². The molecular formula is C23H23N5O2. The predicted molar refractivity (Wildman–Crippen MR) is 118 cm³/mol. The van der Waals surface area contributed by atoms with Crippen LogP contribution in [0.1, 0.15) is 12.6 Å². The van der Waals surface area contributed by atoms with Gasteiger partial charge in [0.25, 0.3) is 0 Å². The van der Waals surface area contributed by atoms with Crippen LogP contribution in [0.5, 0.6) is 11.5 Å². The summed E-state index contributed by atoms with van der Waals surface area (Å²) in [5.74, 6) is 0.778. The maximum atomic E-state index is 10.0. The number of hydrogen-bond donors (Lipinski definition) is 5. The van der Waals surface area contributed by atoms with Crippen molar-refractivity contribution in [3.8, 4) is 33.9 Å². The normalized spacial score (nSPS) is 10.8. The standard InChI is InChI=1S/C23H23N5O2/c1-2-24-13-17-7-8-18(14-25-17)26-23-12-21(27-28-23)16-5-3-15(4-6-16)20-10-9-19(29)11-22(20)30/h3-12,14,24,29-30H,2,13H2,1H3,(H2,26,27,28). The van der Waals surface area contributed by atoms with Crippen LogP contribution in [0, 0.1) is 0 Å². The maximum absolute atomic E-state index is 10.0. The molecule has 5 N–H and O–H groups in total. The Balaban J connectivity index is 1.46. The van der Waals surface area contributed by atoms with Crippen molar-refractivity contribution in [3.05, 3.63) is 72.6 Å². The van der Waals surface area contributed by atoms with E-state index in [0.29, 0.717) is 11.4 Å². The van der Waals surface area contributed by atoms with Crippen molar-refractivity contribution in [2.75, 3.05) is 11.9 Å². The van der Waals surface area contributed by atoms with Gasteiger partial charge in [-0.25, -0.2) is 0 Å². The van der Waals surface area contributed by atoms with Crippen molar-refractivity contribution < 1.29 is 10.2 Å². The topological polar surface area (TPSA) is 106 Å². The monoisotopic (exact) mass is 401 g/mol. The number of aromatic nitrogens is 3. The molecule has 0 bridgehead atoms. The molecule has 7 heteroatoms. The minimum atomic E-state index is 0.0350. The number of benzene rings is 2. The summed E-state index contributed by atoms with van der Waals surface area (Å²) >= 11 is 0. The summed E-state index contributed by atoms with van der Waals surface area (Å²) in [6.07, 6.45) is 1.79. The highest BCUT2D eigenvalue weighted by molar-refractivity contribution is 5.74. The Morgan fingerprint density at radius 3 is 2.43 bits per heavy atom. The zero-order valence-corrected chi connectivity index (χ0v) is 16.6. The van der Waals surface area contributed by atoms with Crippen LogP contribution in [-0.2, 0) is 6.54 Å². The third-order valence-corrected chi connectivity index (χ3v) is 4.72. The van der Waals surface area contributed by atoms with Gasteiger partial charge in [0.15, 0.2) is 5.82 Å². The molecule has 0 amide bonds. The molecule has 30 heavy (non-hydrogen) atoms. The molecule has 0 aliphatic rings. The van der Waals surface area contributed by atoms with Crippen LogP contribution in [0.3, 0.4) is 0 Å². The van der Waals surface area contributed by atoms with Crippen LogP contribution in [-0.4, -0.2) is 31.9 Å². The van der Waals surface area contributed by atoms with Crippen molar-refractivity contribution in [2.45, 2.75) is 13.5 Å². The van der Waals surface area contributed by atoms with Crippen LogP contribution < -0.4 is 10.6 Å². The molecule has 2 aromatic carbocycles. The highest BCUT2D eigenvalue weighted by Gasteiger charge is 2.08. The molecular weight excluding hydrogens is 378 g/mol. The highest BCUT2D eigenvalue weighted by Crippen LogP contribution is 2.33. The first kappa shape index (κ1) is 19.5. The van der Waals surface area contributed by atoms with Crippen LogP contribution in [0.4, 0.5) is 11.5 Å². The summed E-state index contributed by atoms with van der Waals surface area (Å²) in [4.78, 5) is 4.43. The van der Waals surface area contributed by atoms with E-state index in [1.807, 2.05) is 42.5 Å². The number of anilines is 2. The first-order chi connectivity index (χ1) is 14.6. The zero-order chi connectivity index (χ0) is 20.9. The van der Waals surface area contributed by atoms with Gasteiger partial charge in [0.05, 0.1) is 23.3 Å². The molecule has 0 fully saturated rings. The molecule has 7 nitrogen and oxygen atoms in total. The van der Waals surface area contributed by atoms with Gasteiger partial charge in [-0.3, -0.25) is 10.1 Å². The van der Waals surface area contributed by atoms with Crippen molar-refractivity contribution in [1.82, 2.24) is 20.5 Å². The smallest absolute Gasteiger partial charge is 0.152 e. The zero-order valence-electron chi connectivity index (χ0n) is 16.6. The second kappa shape index (κ2) is 8.67. The van der Waals surface area contributed by atoms with E-state index in [4.69, 9.17) is 0 Å². The molecule has 0 saturated carbocycles. The van der Waals surface area contributed by atoms with Crippen LogP contribution >= 0.6 is 0 Å². The number of phenolic OH excluding ortho intramolecular Hbond substituents is 2. The minimum Gasteiger partial charge on any atom is -0.508 e. The summed E-state index contributed by atoms with van der Waals surface area (Å²) in [6.45, 7) is 3.73. The summed E-state index contributed by atoms with van der Waals surface area (Å²) in [5.41, 5.74) is 5.22. The predicted octanol–water partition coefficient (Wildman–Crippen LogP) is 4.40. The molecule has 4 rings (SSSR count). The van der Waals surface area contributed by atoms with Crippen LogP contribution in [0.15, 0.2) is 66.9 Å². The van der Waals surface area contributed by atoms with Gasteiger partial charge in [-0.15, -0.1) is 0 Å².